The van der Waals surface area contributed by atoms with Crippen molar-refractivity contribution in [2.45, 2.75) is 6.92 Å². The molecule has 0 amide bonds. The molecule has 0 unspecified atom stereocenters. The smallest absolute Gasteiger partial charge is 0.338 e. The highest BCUT2D eigenvalue weighted by atomic mass is 16.6. The summed E-state index contributed by atoms with van der Waals surface area (Å²) in [5, 5.41) is 28.6. The van der Waals surface area contributed by atoms with E-state index < -0.39 is 10.9 Å². The number of nitro benzene ring substituents is 1. The Hall–Kier alpha value is -2.15. The third-order valence-electron chi connectivity index (χ3n) is 2.51. The summed E-state index contributed by atoms with van der Waals surface area (Å²) < 4.78 is 0. The number of nitrogens with zero attached hydrogens (tertiary/aromatic N) is 2. The normalized spacial score (nSPS) is 10.1. The van der Waals surface area contributed by atoms with Crippen LogP contribution in [0.15, 0.2) is 18.2 Å². The number of carboxylic acids is 1. The molecule has 0 aliphatic carbocycles. The first-order chi connectivity index (χ1) is 8.51. The Bertz CT molecular complexity index is 461. The zero-order chi connectivity index (χ0) is 13.7. The topological polar surface area (TPSA) is 104 Å². The average molecular weight is 254 g/mol. The minimum Gasteiger partial charge on any atom is -0.478 e. The van der Waals surface area contributed by atoms with Crippen molar-refractivity contribution in [2.24, 2.45) is 0 Å². The fourth-order valence-corrected chi connectivity index (χ4v) is 1.65. The molecule has 1 rings (SSSR count). The van der Waals surface area contributed by atoms with Crippen molar-refractivity contribution in [1.82, 2.24) is 0 Å². The largest absolute Gasteiger partial charge is 0.478 e. The average Bonchev–Trinajstić information content (AvgIpc) is 2.35. The van der Waals surface area contributed by atoms with Crippen LogP contribution in [-0.4, -0.2) is 40.8 Å². The number of hydrogen-bond donors (Lipinski definition) is 2. The molecule has 1 aromatic rings. The molecule has 0 saturated carbocycles. The molecule has 0 spiro atoms. The van der Waals surface area contributed by atoms with Crippen molar-refractivity contribution in [1.29, 1.82) is 0 Å². The van der Waals surface area contributed by atoms with Crippen LogP contribution in [0, 0.1) is 10.1 Å². The van der Waals surface area contributed by atoms with Crippen molar-refractivity contribution >= 4 is 17.3 Å². The number of hydrogen-bond acceptors (Lipinski definition) is 5. The second kappa shape index (κ2) is 5.97. The minimum atomic E-state index is -1.23. The van der Waals surface area contributed by atoms with Crippen molar-refractivity contribution in [3.8, 4) is 0 Å². The number of carbonyl (C=O) groups is 1. The number of aliphatic hydroxyl groups excluding tert-OH is 1. The van der Waals surface area contributed by atoms with Gasteiger partial charge in [-0.25, -0.2) is 4.79 Å². The summed E-state index contributed by atoms with van der Waals surface area (Å²) in [6.07, 6.45) is 0. The second-order valence-corrected chi connectivity index (χ2v) is 3.57. The summed E-state index contributed by atoms with van der Waals surface area (Å²) in [5.74, 6) is -1.23. The Balaban J connectivity index is 3.26. The SMILES string of the molecule is CCN(CCO)c1ccc([N+](=O)[O-])cc1C(=O)O. The molecule has 0 aliphatic heterocycles. The Morgan fingerprint density at radius 1 is 1.50 bits per heavy atom. The summed E-state index contributed by atoms with van der Waals surface area (Å²) in [6.45, 7) is 2.46. The molecule has 2 N–H and O–H groups in total. The van der Waals surface area contributed by atoms with Crippen LogP contribution in [0.2, 0.25) is 0 Å². The van der Waals surface area contributed by atoms with Gasteiger partial charge in [-0.3, -0.25) is 10.1 Å². The van der Waals surface area contributed by atoms with Crippen LogP contribution in [-0.2, 0) is 0 Å². The lowest BCUT2D eigenvalue weighted by Gasteiger charge is -2.23. The molecular formula is C11H14N2O5. The lowest BCUT2D eigenvalue weighted by molar-refractivity contribution is -0.384. The Morgan fingerprint density at radius 2 is 2.17 bits per heavy atom. The third kappa shape index (κ3) is 2.95. The Morgan fingerprint density at radius 3 is 2.61 bits per heavy atom. The monoisotopic (exact) mass is 254 g/mol. The lowest BCUT2D eigenvalue weighted by atomic mass is 10.1. The van der Waals surface area contributed by atoms with Gasteiger partial charge in [0.05, 0.1) is 22.8 Å². The van der Waals surface area contributed by atoms with E-state index in [4.69, 9.17) is 10.2 Å². The van der Waals surface area contributed by atoms with Crippen molar-refractivity contribution in [2.75, 3.05) is 24.6 Å². The highest BCUT2D eigenvalue weighted by molar-refractivity contribution is 5.95. The number of benzene rings is 1. The van der Waals surface area contributed by atoms with Gasteiger partial charge in [0.2, 0.25) is 0 Å². The van der Waals surface area contributed by atoms with Gasteiger partial charge in [-0.2, -0.15) is 0 Å². The van der Waals surface area contributed by atoms with E-state index >= 15 is 0 Å². The fraction of sp³-hybridized carbons (Fsp3) is 0.364. The first-order valence-corrected chi connectivity index (χ1v) is 5.38. The highest BCUT2D eigenvalue weighted by Crippen LogP contribution is 2.25. The van der Waals surface area contributed by atoms with Crippen molar-refractivity contribution in [3.05, 3.63) is 33.9 Å². The van der Waals surface area contributed by atoms with Crippen LogP contribution in [0.1, 0.15) is 17.3 Å². The van der Waals surface area contributed by atoms with E-state index in [0.29, 0.717) is 12.2 Å². The fourth-order valence-electron chi connectivity index (χ4n) is 1.65. The van der Waals surface area contributed by atoms with Gasteiger partial charge in [-0.05, 0) is 13.0 Å². The van der Waals surface area contributed by atoms with E-state index in [1.54, 1.807) is 4.90 Å². The standard InChI is InChI=1S/C11H14N2O5/c1-2-12(5-6-14)10-4-3-8(13(17)18)7-9(10)11(15)16/h3-4,7,14H,2,5-6H2,1H3,(H,15,16). The maximum Gasteiger partial charge on any atom is 0.338 e. The molecule has 0 atom stereocenters. The van der Waals surface area contributed by atoms with Crippen LogP contribution in [0.25, 0.3) is 0 Å². The minimum absolute atomic E-state index is 0.121. The molecule has 0 aromatic heterocycles. The maximum absolute atomic E-state index is 11.1. The van der Waals surface area contributed by atoms with Crippen LogP contribution in [0.5, 0.6) is 0 Å². The number of likely N-dealkylation sites (N-methyl/N-ethyl adjacent to an activating group) is 1. The number of nitro groups is 1. The summed E-state index contributed by atoms with van der Waals surface area (Å²) in [4.78, 5) is 22.7. The highest BCUT2D eigenvalue weighted by Gasteiger charge is 2.19. The third-order valence-corrected chi connectivity index (χ3v) is 2.51. The Kier molecular flexibility index (Phi) is 4.61. The molecule has 7 heteroatoms. The predicted molar refractivity (Wildman–Crippen MR) is 65.0 cm³/mol. The second-order valence-electron chi connectivity index (χ2n) is 3.57. The maximum atomic E-state index is 11.1. The van der Waals surface area contributed by atoms with Gasteiger partial charge in [-0.15, -0.1) is 0 Å². The molecule has 18 heavy (non-hydrogen) atoms. The molecule has 98 valence electrons. The zero-order valence-corrected chi connectivity index (χ0v) is 9.87. The number of non-ortho nitro benzene ring substituents is 1. The van der Waals surface area contributed by atoms with E-state index in [1.807, 2.05) is 6.92 Å². The summed E-state index contributed by atoms with van der Waals surface area (Å²) >= 11 is 0. The van der Waals surface area contributed by atoms with E-state index in [2.05, 4.69) is 0 Å². The summed E-state index contributed by atoms with van der Waals surface area (Å²) in [6, 6.07) is 3.67. The molecular weight excluding hydrogens is 240 g/mol. The predicted octanol–water partition coefficient (Wildman–Crippen LogP) is 1.11. The van der Waals surface area contributed by atoms with Gasteiger partial charge in [0.15, 0.2) is 0 Å². The van der Waals surface area contributed by atoms with E-state index in [1.165, 1.54) is 12.1 Å². The molecule has 0 fully saturated rings. The molecule has 0 aliphatic rings. The van der Waals surface area contributed by atoms with Crippen LogP contribution < -0.4 is 4.90 Å². The molecule has 7 nitrogen and oxygen atoms in total. The van der Waals surface area contributed by atoms with Crippen LogP contribution >= 0.6 is 0 Å². The van der Waals surface area contributed by atoms with E-state index in [9.17, 15) is 14.9 Å². The number of aliphatic hydroxyl groups is 1. The first-order valence-electron chi connectivity index (χ1n) is 5.38. The number of rotatable bonds is 6. The van der Waals surface area contributed by atoms with Gasteiger partial charge in [0.1, 0.15) is 0 Å². The van der Waals surface area contributed by atoms with Crippen LogP contribution in [0.3, 0.4) is 0 Å². The molecule has 0 heterocycles. The van der Waals surface area contributed by atoms with Gasteiger partial charge >= 0.3 is 5.97 Å². The Labute approximate surface area is 103 Å². The van der Waals surface area contributed by atoms with Gasteiger partial charge < -0.3 is 15.1 Å². The first kappa shape index (κ1) is 13.9. The lowest BCUT2D eigenvalue weighted by Crippen LogP contribution is -2.27. The van der Waals surface area contributed by atoms with Gasteiger partial charge in [0.25, 0.3) is 5.69 Å². The van der Waals surface area contributed by atoms with E-state index in [-0.39, 0.29) is 24.4 Å². The number of aromatic carboxylic acids is 1. The van der Waals surface area contributed by atoms with Crippen molar-refractivity contribution in [3.63, 3.8) is 0 Å². The summed E-state index contributed by atoms with van der Waals surface area (Å²) in [5.41, 5.74) is -0.0413. The van der Waals surface area contributed by atoms with E-state index in [0.717, 1.165) is 6.07 Å². The molecule has 0 bridgehead atoms. The molecule has 0 radical (unpaired) electrons. The van der Waals surface area contributed by atoms with Crippen LogP contribution in [0.4, 0.5) is 11.4 Å². The summed E-state index contributed by atoms with van der Waals surface area (Å²) in [7, 11) is 0. The molecule has 0 saturated heterocycles. The van der Waals surface area contributed by atoms with Crippen molar-refractivity contribution < 1.29 is 19.9 Å². The van der Waals surface area contributed by atoms with Gasteiger partial charge in [0, 0.05) is 25.2 Å². The zero-order valence-electron chi connectivity index (χ0n) is 9.87. The quantitative estimate of drug-likeness (QED) is 0.582. The number of anilines is 1. The number of carboxylic acid groups (broad SMARTS) is 1. The van der Waals surface area contributed by atoms with Gasteiger partial charge in [-0.1, -0.05) is 0 Å². The molecule has 1 aromatic carbocycles.